The van der Waals surface area contributed by atoms with Crippen LogP contribution in [-0.2, 0) is 13.0 Å². The number of benzene rings is 2. The fourth-order valence-electron chi connectivity index (χ4n) is 3.75. The maximum absolute atomic E-state index is 12.4. The smallest absolute Gasteiger partial charge is 0.326 e. The van der Waals surface area contributed by atoms with Crippen LogP contribution in [0.15, 0.2) is 53.3 Å². The molecule has 1 amide bonds. The van der Waals surface area contributed by atoms with Crippen LogP contribution in [0.4, 0.5) is 0 Å². The van der Waals surface area contributed by atoms with Crippen molar-refractivity contribution in [1.82, 2.24) is 14.9 Å². The molecule has 4 rings (SSSR count). The molecule has 26 heavy (non-hydrogen) atoms. The summed E-state index contributed by atoms with van der Waals surface area (Å²) in [4.78, 5) is 27.6. The Morgan fingerprint density at radius 1 is 1.12 bits per heavy atom. The molecule has 0 bridgehead atoms. The lowest BCUT2D eigenvalue weighted by atomic mass is 10.1. The van der Waals surface area contributed by atoms with Gasteiger partial charge in [-0.25, -0.2) is 4.79 Å². The molecule has 1 aliphatic carbocycles. The Morgan fingerprint density at radius 3 is 2.65 bits per heavy atom. The molecule has 2 aromatic carbocycles. The Bertz CT molecular complexity index is 966. The lowest BCUT2D eigenvalue weighted by Crippen LogP contribution is -2.32. The lowest BCUT2D eigenvalue weighted by molar-refractivity contribution is 0.0938. The Hall–Kier alpha value is -2.82. The largest absolute Gasteiger partial charge is 0.349 e. The Morgan fingerprint density at radius 2 is 1.88 bits per heavy atom. The standard InChI is InChI=1S/C21H23N3O2/c25-20(22-17-8-4-5-9-17)16-10-11-19-18(14-16)23-21(26)24(19)13-12-15-6-2-1-3-7-15/h1-3,6-7,10-11,14,17H,4-5,8-9,12-13H2,(H,22,25)(H,23,26). The summed E-state index contributed by atoms with van der Waals surface area (Å²) in [5.41, 5.74) is 3.21. The highest BCUT2D eigenvalue weighted by atomic mass is 16.2. The summed E-state index contributed by atoms with van der Waals surface area (Å²) >= 11 is 0. The van der Waals surface area contributed by atoms with Crippen molar-refractivity contribution in [1.29, 1.82) is 0 Å². The molecule has 0 aliphatic heterocycles. The average Bonchev–Trinajstić information content (AvgIpc) is 3.27. The lowest BCUT2D eigenvalue weighted by Gasteiger charge is -2.12. The topological polar surface area (TPSA) is 66.9 Å². The number of carbonyl (C=O) groups excluding carboxylic acids is 1. The minimum atomic E-state index is -0.135. The van der Waals surface area contributed by atoms with E-state index in [2.05, 4.69) is 22.4 Å². The van der Waals surface area contributed by atoms with Crippen molar-refractivity contribution in [2.24, 2.45) is 0 Å². The summed E-state index contributed by atoms with van der Waals surface area (Å²) in [6.07, 6.45) is 5.27. The van der Waals surface area contributed by atoms with Gasteiger partial charge in [-0.2, -0.15) is 0 Å². The second-order valence-corrected chi connectivity index (χ2v) is 7.00. The van der Waals surface area contributed by atoms with Crippen molar-refractivity contribution in [3.63, 3.8) is 0 Å². The first-order valence-electron chi connectivity index (χ1n) is 9.28. The molecule has 1 heterocycles. The van der Waals surface area contributed by atoms with Gasteiger partial charge in [-0.1, -0.05) is 43.2 Å². The van der Waals surface area contributed by atoms with E-state index < -0.39 is 0 Å². The van der Waals surface area contributed by atoms with Gasteiger partial charge in [0.05, 0.1) is 11.0 Å². The number of aryl methyl sites for hydroxylation is 2. The molecule has 0 unspecified atom stereocenters. The third-order valence-electron chi connectivity index (χ3n) is 5.19. The van der Waals surface area contributed by atoms with E-state index in [1.807, 2.05) is 24.3 Å². The molecule has 3 aromatic rings. The first-order valence-corrected chi connectivity index (χ1v) is 9.28. The van der Waals surface area contributed by atoms with Crippen LogP contribution in [0.25, 0.3) is 11.0 Å². The van der Waals surface area contributed by atoms with Gasteiger partial charge in [0, 0.05) is 18.2 Å². The van der Waals surface area contributed by atoms with Crippen molar-refractivity contribution < 1.29 is 4.79 Å². The normalized spacial score (nSPS) is 14.8. The fourth-order valence-corrected chi connectivity index (χ4v) is 3.75. The number of amides is 1. The number of H-pyrrole nitrogens is 1. The van der Waals surface area contributed by atoms with Gasteiger partial charge in [0.15, 0.2) is 0 Å². The number of aromatic nitrogens is 2. The molecule has 0 spiro atoms. The molecule has 1 aromatic heterocycles. The minimum absolute atomic E-state index is 0.0586. The van der Waals surface area contributed by atoms with Gasteiger partial charge in [0.2, 0.25) is 0 Å². The van der Waals surface area contributed by atoms with Crippen molar-refractivity contribution in [2.75, 3.05) is 0 Å². The van der Waals surface area contributed by atoms with Gasteiger partial charge in [0.1, 0.15) is 0 Å². The summed E-state index contributed by atoms with van der Waals surface area (Å²) < 4.78 is 1.74. The number of nitrogens with one attached hydrogen (secondary N) is 2. The first kappa shape index (κ1) is 16.6. The quantitative estimate of drug-likeness (QED) is 0.742. The van der Waals surface area contributed by atoms with Crippen LogP contribution in [0.1, 0.15) is 41.6 Å². The highest BCUT2D eigenvalue weighted by molar-refractivity contribution is 5.97. The van der Waals surface area contributed by atoms with Crippen LogP contribution in [0.3, 0.4) is 0 Å². The Kier molecular flexibility index (Phi) is 4.61. The summed E-state index contributed by atoms with van der Waals surface area (Å²) in [7, 11) is 0. The van der Waals surface area contributed by atoms with Gasteiger partial charge >= 0.3 is 5.69 Å². The SMILES string of the molecule is O=C(NC1CCCC1)c1ccc2c(c1)[nH]c(=O)n2CCc1ccccc1. The van der Waals surface area contributed by atoms with E-state index in [9.17, 15) is 9.59 Å². The van der Waals surface area contributed by atoms with E-state index in [4.69, 9.17) is 0 Å². The van der Waals surface area contributed by atoms with E-state index in [1.54, 1.807) is 16.7 Å². The molecule has 1 saturated carbocycles. The molecular weight excluding hydrogens is 326 g/mol. The fraction of sp³-hybridized carbons (Fsp3) is 0.333. The van der Waals surface area contributed by atoms with Crippen LogP contribution in [-0.4, -0.2) is 21.5 Å². The van der Waals surface area contributed by atoms with E-state index in [1.165, 1.54) is 18.4 Å². The van der Waals surface area contributed by atoms with E-state index in [-0.39, 0.29) is 17.6 Å². The molecule has 0 radical (unpaired) electrons. The zero-order valence-corrected chi connectivity index (χ0v) is 14.7. The van der Waals surface area contributed by atoms with E-state index in [0.29, 0.717) is 17.6 Å². The summed E-state index contributed by atoms with van der Waals surface area (Å²) in [5.74, 6) is -0.0586. The number of fused-ring (bicyclic) bond motifs is 1. The molecule has 5 heteroatoms. The number of hydrogen-bond donors (Lipinski definition) is 2. The molecule has 0 atom stereocenters. The molecule has 5 nitrogen and oxygen atoms in total. The maximum atomic E-state index is 12.4. The van der Waals surface area contributed by atoms with Crippen molar-refractivity contribution >= 4 is 16.9 Å². The van der Waals surface area contributed by atoms with Gasteiger partial charge in [-0.15, -0.1) is 0 Å². The van der Waals surface area contributed by atoms with Crippen LogP contribution in [0.5, 0.6) is 0 Å². The van der Waals surface area contributed by atoms with Crippen LogP contribution in [0.2, 0.25) is 0 Å². The number of nitrogens with zero attached hydrogens (tertiary/aromatic N) is 1. The zero-order valence-electron chi connectivity index (χ0n) is 14.7. The number of hydrogen-bond acceptors (Lipinski definition) is 2. The van der Waals surface area contributed by atoms with E-state index >= 15 is 0 Å². The van der Waals surface area contributed by atoms with Crippen LogP contribution < -0.4 is 11.0 Å². The molecule has 1 aliphatic rings. The number of rotatable bonds is 5. The number of carbonyl (C=O) groups is 1. The highest BCUT2D eigenvalue weighted by Crippen LogP contribution is 2.19. The van der Waals surface area contributed by atoms with Crippen molar-refractivity contribution in [3.05, 3.63) is 70.1 Å². The van der Waals surface area contributed by atoms with Crippen LogP contribution in [0, 0.1) is 0 Å². The number of imidazole rings is 1. The van der Waals surface area contributed by atoms with Crippen molar-refractivity contribution in [3.8, 4) is 0 Å². The third-order valence-corrected chi connectivity index (χ3v) is 5.19. The molecule has 2 N–H and O–H groups in total. The second kappa shape index (κ2) is 7.20. The molecule has 0 saturated heterocycles. The van der Waals surface area contributed by atoms with Gasteiger partial charge in [0.25, 0.3) is 5.91 Å². The predicted molar refractivity (Wildman–Crippen MR) is 102 cm³/mol. The predicted octanol–water partition coefficient (Wildman–Crippen LogP) is 3.24. The maximum Gasteiger partial charge on any atom is 0.326 e. The van der Waals surface area contributed by atoms with Crippen molar-refractivity contribution in [2.45, 2.75) is 44.7 Å². The molecular formula is C21H23N3O2. The monoisotopic (exact) mass is 349 g/mol. The average molecular weight is 349 g/mol. The van der Waals surface area contributed by atoms with Gasteiger partial charge < -0.3 is 10.3 Å². The zero-order chi connectivity index (χ0) is 17.9. The summed E-state index contributed by atoms with van der Waals surface area (Å²) in [6, 6.07) is 15.8. The summed E-state index contributed by atoms with van der Waals surface area (Å²) in [5, 5.41) is 3.09. The van der Waals surface area contributed by atoms with Gasteiger partial charge in [-0.3, -0.25) is 9.36 Å². The molecule has 1 fully saturated rings. The van der Waals surface area contributed by atoms with E-state index in [0.717, 1.165) is 24.8 Å². The second-order valence-electron chi connectivity index (χ2n) is 7.00. The van der Waals surface area contributed by atoms with Gasteiger partial charge in [-0.05, 0) is 43.0 Å². The Balaban J connectivity index is 1.54. The molecule has 134 valence electrons. The summed E-state index contributed by atoms with van der Waals surface area (Å²) in [6.45, 7) is 0.608. The third kappa shape index (κ3) is 3.43. The number of aromatic amines is 1. The Labute approximate surface area is 152 Å². The highest BCUT2D eigenvalue weighted by Gasteiger charge is 2.18. The minimum Gasteiger partial charge on any atom is -0.349 e. The first-order chi connectivity index (χ1) is 12.7. The van der Waals surface area contributed by atoms with Crippen LogP contribution >= 0.6 is 0 Å².